The summed E-state index contributed by atoms with van der Waals surface area (Å²) in [7, 11) is 1.64. The third kappa shape index (κ3) is 4.78. The summed E-state index contributed by atoms with van der Waals surface area (Å²) in [6.07, 6.45) is 6.12. The number of hydrogen-bond donors (Lipinski definition) is 3. The van der Waals surface area contributed by atoms with Crippen molar-refractivity contribution < 1.29 is 19.4 Å². The highest BCUT2D eigenvalue weighted by molar-refractivity contribution is 5.75. The van der Waals surface area contributed by atoms with E-state index in [0.717, 1.165) is 12.8 Å². The van der Waals surface area contributed by atoms with Crippen LogP contribution in [0.1, 0.15) is 47.0 Å². The minimum absolute atomic E-state index is 0.0317. The average molecular weight is 326 g/mol. The molecule has 132 valence electrons. The van der Waals surface area contributed by atoms with E-state index in [4.69, 9.17) is 4.74 Å². The highest BCUT2D eigenvalue weighted by atomic mass is 16.5. The number of hydrogen-bond acceptors (Lipinski definition) is 4. The van der Waals surface area contributed by atoms with E-state index < -0.39 is 17.6 Å². The van der Waals surface area contributed by atoms with Gasteiger partial charge in [0, 0.05) is 20.1 Å². The molecule has 1 aliphatic rings. The topological polar surface area (TPSA) is 87.7 Å². The van der Waals surface area contributed by atoms with Crippen LogP contribution < -0.4 is 10.6 Å². The lowest BCUT2D eigenvalue weighted by Crippen LogP contribution is -2.62. The van der Waals surface area contributed by atoms with Gasteiger partial charge in [-0.1, -0.05) is 25.5 Å². The van der Waals surface area contributed by atoms with Gasteiger partial charge in [-0.25, -0.2) is 0 Å². The Labute approximate surface area is 138 Å². The van der Waals surface area contributed by atoms with Crippen LogP contribution in [0.15, 0.2) is 12.2 Å². The van der Waals surface area contributed by atoms with E-state index >= 15 is 0 Å². The summed E-state index contributed by atoms with van der Waals surface area (Å²) in [6.45, 7) is 7.43. The average Bonchev–Trinajstić information content (AvgIpc) is 2.89. The molecule has 0 spiro atoms. The van der Waals surface area contributed by atoms with Crippen molar-refractivity contribution in [3.8, 4) is 0 Å². The largest absolute Gasteiger partial charge is 0.480 e. The number of aliphatic carboxylic acids is 1. The number of allylic oxidation sites excluding steroid dienone is 1. The molecule has 0 aromatic heterocycles. The normalized spacial score (nSPS) is 28.5. The van der Waals surface area contributed by atoms with Gasteiger partial charge in [0.2, 0.25) is 5.91 Å². The number of amides is 1. The Morgan fingerprint density at radius 1 is 1.52 bits per heavy atom. The summed E-state index contributed by atoms with van der Waals surface area (Å²) in [4.78, 5) is 23.1. The molecule has 0 aromatic rings. The first-order chi connectivity index (χ1) is 10.8. The molecule has 1 aliphatic heterocycles. The van der Waals surface area contributed by atoms with E-state index in [2.05, 4.69) is 17.6 Å². The van der Waals surface area contributed by atoms with Gasteiger partial charge in [0.25, 0.3) is 0 Å². The van der Waals surface area contributed by atoms with E-state index in [9.17, 15) is 14.7 Å². The molecular formula is C17H30N2O4. The fourth-order valence-corrected chi connectivity index (χ4v) is 3.53. The summed E-state index contributed by atoms with van der Waals surface area (Å²) >= 11 is 0. The number of rotatable bonds is 8. The number of ether oxygens (including phenoxy) is 1. The second-order valence-electron chi connectivity index (χ2n) is 6.45. The Balaban J connectivity index is 3.16. The molecule has 1 rings (SSSR count). The van der Waals surface area contributed by atoms with E-state index in [1.54, 1.807) is 7.11 Å². The molecule has 1 heterocycles. The van der Waals surface area contributed by atoms with Crippen LogP contribution in [0.3, 0.4) is 0 Å². The lowest BCUT2D eigenvalue weighted by atomic mass is 9.81. The minimum atomic E-state index is -0.863. The van der Waals surface area contributed by atoms with Crippen molar-refractivity contribution in [2.45, 2.75) is 70.7 Å². The van der Waals surface area contributed by atoms with Crippen LogP contribution in [0.5, 0.6) is 0 Å². The summed E-state index contributed by atoms with van der Waals surface area (Å²) in [5.74, 6) is -0.975. The van der Waals surface area contributed by atoms with Gasteiger partial charge in [0.15, 0.2) is 0 Å². The van der Waals surface area contributed by atoms with Crippen LogP contribution in [-0.2, 0) is 14.3 Å². The Bertz CT molecular complexity index is 452. The van der Waals surface area contributed by atoms with Crippen molar-refractivity contribution in [3.63, 3.8) is 0 Å². The van der Waals surface area contributed by atoms with Crippen molar-refractivity contribution in [1.29, 1.82) is 0 Å². The zero-order valence-corrected chi connectivity index (χ0v) is 14.8. The molecular weight excluding hydrogens is 296 g/mol. The maximum absolute atomic E-state index is 11.7. The quantitative estimate of drug-likeness (QED) is 0.591. The van der Waals surface area contributed by atoms with E-state index in [1.807, 2.05) is 26.0 Å². The standard InChI is InChI=1S/C17H30N2O4/c1-6-8-12-10-13(16(21)22)19-14(12)15(18-11(3)20)17(4,23-5)9-7-2/h6,8,12-15,19H,7,9-10H2,1-5H3,(H,18,20)(H,21,22)/b8-6-/t12-,13-,14?,15-,17+/m1/s1. The van der Waals surface area contributed by atoms with Crippen LogP contribution in [0, 0.1) is 5.92 Å². The summed E-state index contributed by atoms with van der Waals surface area (Å²) in [5, 5.41) is 15.5. The van der Waals surface area contributed by atoms with Gasteiger partial charge < -0.3 is 15.2 Å². The third-order valence-corrected chi connectivity index (χ3v) is 4.69. The van der Waals surface area contributed by atoms with Crippen LogP contribution in [0.25, 0.3) is 0 Å². The number of carboxylic acids is 1. The van der Waals surface area contributed by atoms with Crippen LogP contribution in [0.4, 0.5) is 0 Å². The molecule has 1 amide bonds. The first-order valence-corrected chi connectivity index (χ1v) is 8.23. The number of nitrogens with one attached hydrogen (secondary N) is 2. The molecule has 0 aromatic carbocycles. The highest BCUT2D eigenvalue weighted by Crippen LogP contribution is 2.32. The number of carboxylic acid groups (broad SMARTS) is 1. The van der Waals surface area contributed by atoms with Crippen LogP contribution in [-0.4, -0.2) is 47.8 Å². The number of carbonyl (C=O) groups excluding carboxylic acids is 1. The van der Waals surface area contributed by atoms with Gasteiger partial charge in [-0.3, -0.25) is 14.9 Å². The van der Waals surface area contributed by atoms with E-state index in [0.29, 0.717) is 6.42 Å². The molecule has 6 heteroatoms. The molecule has 6 nitrogen and oxygen atoms in total. The smallest absolute Gasteiger partial charge is 0.320 e. The zero-order valence-electron chi connectivity index (χ0n) is 14.8. The molecule has 23 heavy (non-hydrogen) atoms. The number of methoxy groups -OCH3 is 1. The summed E-state index contributed by atoms with van der Waals surface area (Å²) < 4.78 is 5.75. The minimum Gasteiger partial charge on any atom is -0.480 e. The molecule has 0 saturated carbocycles. The van der Waals surface area contributed by atoms with Crippen molar-refractivity contribution in [1.82, 2.24) is 10.6 Å². The molecule has 1 unspecified atom stereocenters. The highest BCUT2D eigenvalue weighted by Gasteiger charge is 2.47. The van der Waals surface area contributed by atoms with Gasteiger partial charge in [0.1, 0.15) is 6.04 Å². The van der Waals surface area contributed by atoms with Gasteiger partial charge in [-0.05, 0) is 32.6 Å². The van der Waals surface area contributed by atoms with Gasteiger partial charge in [-0.15, -0.1) is 0 Å². The molecule has 0 aliphatic carbocycles. The Hall–Kier alpha value is -1.40. The Morgan fingerprint density at radius 3 is 2.61 bits per heavy atom. The molecule has 5 atom stereocenters. The molecule has 0 bridgehead atoms. The molecule has 1 fully saturated rings. The number of carbonyl (C=O) groups is 2. The van der Waals surface area contributed by atoms with Gasteiger partial charge in [-0.2, -0.15) is 0 Å². The fraction of sp³-hybridized carbons (Fsp3) is 0.765. The molecule has 1 saturated heterocycles. The molecule has 0 radical (unpaired) electrons. The van der Waals surface area contributed by atoms with Crippen molar-refractivity contribution in [3.05, 3.63) is 12.2 Å². The summed E-state index contributed by atoms with van der Waals surface area (Å²) in [6, 6.07) is -1.11. The van der Waals surface area contributed by atoms with Gasteiger partial charge >= 0.3 is 5.97 Å². The van der Waals surface area contributed by atoms with Crippen molar-refractivity contribution in [2.24, 2.45) is 5.92 Å². The lowest BCUT2D eigenvalue weighted by molar-refractivity contribution is -0.139. The Kier molecular flexibility index (Phi) is 7.22. The SMILES string of the molecule is C/C=C\[C@@H]1C[C@H](C(=O)O)NC1[C@@H](NC(C)=O)[C@](C)(CCC)OC. The first-order valence-electron chi connectivity index (χ1n) is 8.23. The van der Waals surface area contributed by atoms with Crippen LogP contribution >= 0.6 is 0 Å². The predicted octanol–water partition coefficient (Wildman–Crippen LogP) is 1.70. The predicted molar refractivity (Wildman–Crippen MR) is 89.2 cm³/mol. The zero-order chi connectivity index (χ0) is 17.6. The molecule has 3 N–H and O–H groups in total. The maximum atomic E-state index is 11.7. The van der Waals surface area contributed by atoms with Crippen molar-refractivity contribution in [2.75, 3.05) is 7.11 Å². The summed E-state index contributed by atoms with van der Waals surface area (Å²) in [5.41, 5.74) is -0.564. The lowest BCUT2D eigenvalue weighted by Gasteiger charge is -2.41. The van der Waals surface area contributed by atoms with Gasteiger partial charge in [0.05, 0.1) is 11.6 Å². The Morgan fingerprint density at radius 2 is 2.17 bits per heavy atom. The second-order valence-corrected chi connectivity index (χ2v) is 6.45. The van der Waals surface area contributed by atoms with E-state index in [-0.39, 0.29) is 23.9 Å². The van der Waals surface area contributed by atoms with E-state index in [1.165, 1.54) is 6.92 Å². The van der Waals surface area contributed by atoms with Crippen LogP contribution in [0.2, 0.25) is 0 Å². The third-order valence-electron chi connectivity index (χ3n) is 4.69. The first kappa shape index (κ1) is 19.6. The monoisotopic (exact) mass is 326 g/mol. The maximum Gasteiger partial charge on any atom is 0.320 e. The fourth-order valence-electron chi connectivity index (χ4n) is 3.53. The second kappa shape index (κ2) is 8.45. The van der Waals surface area contributed by atoms with Crippen molar-refractivity contribution >= 4 is 11.9 Å².